The lowest BCUT2D eigenvalue weighted by Crippen LogP contribution is -2.52. The third-order valence-corrected chi connectivity index (χ3v) is 6.00. The molecule has 1 amide bonds. The molecule has 1 aliphatic heterocycles. The van der Waals surface area contributed by atoms with Crippen LogP contribution in [0.5, 0.6) is 0 Å². The van der Waals surface area contributed by atoms with Crippen LogP contribution in [0.1, 0.15) is 51.1 Å². The topological polar surface area (TPSA) is 40.5 Å². The summed E-state index contributed by atoms with van der Waals surface area (Å²) in [5.74, 6) is 0.104. The lowest BCUT2D eigenvalue weighted by Gasteiger charge is -2.45. The lowest BCUT2D eigenvalue weighted by molar-refractivity contribution is -0.148. The molecule has 3 rings (SSSR count). The van der Waals surface area contributed by atoms with Gasteiger partial charge in [0.2, 0.25) is 5.91 Å². The predicted octanol–water partition coefficient (Wildman–Crippen LogP) is 6.70. The van der Waals surface area contributed by atoms with E-state index in [1.54, 1.807) is 6.92 Å². The first-order valence-corrected chi connectivity index (χ1v) is 11.2. The van der Waals surface area contributed by atoms with Crippen LogP contribution in [0.25, 0.3) is 0 Å². The van der Waals surface area contributed by atoms with E-state index in [1.165, 1.54) is 0 Å². The van der Waals surface area contributed by atoms with Crippen molar-refractivity contribution in [2.75, 3.05) is 0 Å². The van der Waals surface area contributed by atoms with Crippen LogP contribution >= 0.6 is 23.2 Å². The molecule has 2 aromatic rings. The normalized spacial score (nSPS) is 20.7. The number of rotatable bonds is 6. The number of hydrogen-bond donors (Lipinski definition) is 1. The standard InChI is InChI=1S/C19H26ClNO2.C6H5Cl/c1-4-6-15-9-12-18(14-7-10-16(20)11-8-14)21(19(15)23)17(5-2)13(3)22;7-6-4-2-1-3-5-6/h4,7-8,10-11,13,15,17-18,22H,1,5-6,9,12H2,2-3H3;1-5H. The van der Waals surface area contributed by atoms with E-state index in [4.69, 9.17) is 23.2 Å². The SMILES string of the molecule is C=CCC1CCC(c2ccc(Cl)cc2)N(C(CC)C(C)O)C1=O.Clc1ccccc1. The Morgan fingerprint density at radius 2 is 1.70 bits per heavy atom. The van der Waals surface area contributed by atoms with Crippen molar-refractivity contribution in [3.8, 4) is 0 Å². The number of likely N-dealkylation sites (tertiary alicyclic amines) is 1. The summed E-state index contributed by atoms with van der Waals surface area (Å²) in [7, 11) is 0. The highest BCUT2D eigenvalue weighted by Crippen LogP contribution is 2.38. The number of aliphatic hydroxyl groups is 1. The third kappa shape index (κ3) is 6.60. The van der Waals surface area contributed by atoms with Gasteiger partial charge in [0.15, 0.2) is 0 Å². The number of amides is 1. The number of allylic oxidation sites excluding steroid dienone is 1. The highest BCUT2D eigenvalue weighted by atomic mass is 35.5. The number of benzene rings is 2. The first-order chi connectivity index (χ1) is 14.4. The van der Waals surface area contributed by atoms with Gasteiger partial charge in [0.25, 0.3) is 0 Å². The average molecular weight is 448 g/mol. The summed E-state index contributed by atoms with van der Waals surface area (Å²) < 4.78 is 0. The summed E-state index contributed by atoms with van der Waals surface area (Å²) in [5, 5.41) is 11.7. The number of aliphatic hydroxyl groups excluding tert-OH is 1. The Kier molecular flexibility index (Phi) is 9.90. The molecule has 1 fully saturated rings. The smallest absolute Gasteiger partial charge is 0.226 e. The molecule has 5 heteroatoms. The summed E-state index contributed by atoms with van der Waals surface area (Å²) in [6.07, 6.45) is 4.43. The monoisotopic (exact) mass is 447 g/mol. The van der Waals surface area contributed by atoms with Crippen molar-refractivity contribution < 1.29 is 9.90 Å². The fourth-order valence-corrected chi connectivity index (χ4v) is 4.27. The van der Waals surface area contributed by atoms with E-state index in [2.05, 4.69) is 6.58 Å². The van der Waals surface area contributed by atoms with Gasteiger partial charge in [-0.3, -0.25) is 4.79 Å². The van der Waals surface area contributed by atoms with E-state index >= 15 is 0 Å². The maximum atomic E-state index is 13.0. The van der Waals surface area contributed by atoms with Gasteiger partial charge in [0.05, 0.1) is 18.2 Å². The molecule has 4 unspecified atom stereocenters. The molecule has 0 radical (unpaired) electrons. The second-order valence-electron chi connectivity index (χ2n) is 7.62. The maximum absolute atomic E-state index is 13.0. The molecule has 162 valence electrons. The molecule has 0 bridgehead atoms. The van der Waals surface area contributed by atoms with E-state index in [0.717, 1.165) is 29.8 Å². The van der Waals surface area contributed by atoms with Crippen molar-refractivity contribution in [3.05, 3.63) is 82.9 Å². The molecule has 1 saturated heterocycles. The highest BCUT2D eigenvalue weighted by molar-refractivity contribution is 6.30. The Balaban J connectivity index is 0.000000386. The van der Waals surface area contributed by atoms with Crippen molar-refractivity contribution in [3.63, 3.8) is 0 Å². The molecule has 1 N–H and O–H groups in total. The summed E-state index contributed by atoms with van der Waals surface area (Å²) in [4.78, 5) is 14.9. The van der Waals surface area contributed by atoms with E-state index < -0.39 is 6.10 Å². The maximum Gasteiger partial charge on any atom is 0.226 e. The Bertz CT molecular complexity index is 793. The van der Waals surface area contributed by atoms with Crippen LogP contribution in [0.2, 0.25) is 10.0 Å². The van der Waals surface area contributed by atoms with Crippen LogP contribution in [-0.2, 0) is 4.79 Å². The average Bonchev–Trinajstić information content (AvgIpc) is 2.73. The van der Waals surface area contributed by atoms with E-state index in [-0.39, 0.29) is 23.9 Å². The number of carbonyl (C=O) groups is 1. The molecule has 3 nitrogen and oxygen atoms in total. The number of piperidine rings is 1. The van der Waals surface area contributed by atoms with Crippen LogP contribution in [0.3, 0.4) is 0 Å². The summed E-state index contributed by atoms with van der Waals surface area (Å²) >= 11 is 11.5. The van der Waals surface area contributed by atoms with Gasteiger partial charge in [-0.25, -0.2) is 0 Å². The number of nitrogens with zero attached hydrogens (tertiary/aromatic N) is 1. The molecule has 1 aliphatic rings. The van der Waals surface area contributed by atoms with Crippen LogP contribution in [0, 0.1) is 5.92 Å². The molecule has 0 aliphatic carbocycles. The van der Waals surface area contributed by atoms with Gasteiger partial charge in [-0.05, 0) is 62.4 Å². The molecule has 0 spiro atoms. The van der Waals surface area contributed by atoms with Crippen molar-refractivity contribution in [1.29, 1.82) is 0 Å². The van der Waals surface area contributed by atoms with Crippen LogP contribution < -0.4 is 0 Å². The van der Waals surface area contributed by atoms with Gasteiger partial charge in [-0.15, -0.1) is 6.58 Å². The predicted molar refractivity (Wildman–Crippen MR) is 126 cm³/mol. The Morgan fingerprint density at radius 1 is 1.10 bits per heavy atom. The molecule has 0 saturated carbocycles. The van der Waals surface area contributed by atoms with Gasteiger partial charge in [-0.1, -0.05) is 66.5 Å². The zero-order chi connectivity index (χ0) is 22.1. The van der Waals surface area contributed by atoms with Crippen LogP contribution in [0.15, 0.2) is 67.3 Å². The van der Waals surface area contributed by atoms with Crippen molar-refractivity contribution in [2.24, 2.45) is 5.92 Å². The second-order valence-corrected chi connectivity index (χ2v) is 8.50. The van der Waals surface area contributed by atoms with Gasteiger partial charge in [-0.2, -0.15) is 0 Å². The Hall–Kier alpha value is -1.81. The van der Waals surface area contributed by atoms with Gasteiger partial charge in [0.1, 0.15) is 0 Å². The quantitative estimate of drug-likeness (QED) is 0.500. The molecule has 2 aromatic carbocycles. The zero-order valence-corrected chi connectivity index (χ0v) is 19.2. The third-order valence-electron chi connectivity index (χ3n) is 5.50. The fourth-order valence-electron chi connectivity index (χ4n) is 4.00. The molecule has 4 atom stereocenters. The Labute approximate surface area is 190 Å². The molecule has 1 heterocycles. The van der Waals surface area contributed by atoms with Crippen molar-refractivity contribution in [2.45, 2.75) is 57.7 Å². The summed E-state index contributed by atoms with van der Waals surface area (Å²) in [5.41, 5.74) is 1.08. The summed E-state index contributed by atoms with van der Waals surface area (Å²) in [6, 6.07) is 17.0. The van der Waals surface area contributed by atoms with Crippen LogP contribution in [0.4, 0.5) is 0 Å². The van der Waals surface area contributed by atoms with Crippen LogP contribution in [-0.4, -0.2) is 28.1 Å². The Morgan fingerprint density at radius 3 is 2.17 bits per heavy atom. The molecule has 30 heavy (non-hydrogen) atoms. The minimum Gasteiger partial charge on any atom is -0.391 e. The minimum atomic E-state index is -0.554. The number of carbonyl (C=O) groups excluding carboxylic acids is 1. The van der Waals surface area contributed by atoms with Gasteiger partial charge < -0.3 is 10.0 Å². The second kappa shape index (κ2) is 12.1. The lowest BCUT2D eigenvalue weighted by atomic mass is 9.84. The van der Waals surface area contributed by atoms with Gasteiger partial charge >= 0.3 is 0 Å². The fraction of sp³-hybridized carbons (Fsp3) is 0.400. The summed E-state index contributed by atoms with van der Waals surface area (Å²) in [6.45, 7) is 7.54. The van der Waals surface area contributed by atoms with E-state index in [1.807, 2.05) is 72.5 Å². The first-order valence-electron chi connectivity index (χ1n) is 10.5. The largest absolute Gasteiger partial charge is 0.391 e. The molecular weight excluding hydrogens is 417 g/mol. The zero-order valence-electron chi connectivity index (χ0n) is 17.7. The number of halogens is 2. The molecular formula is C25H31Cl2NO2. The van der Waals surface area contributed by atoms with Gasteiger partial charge in [0, 0.05) is 16.0 Å². The number of hydrogen-bond acceptors (Lipinski definition) is 2. The van der Waals surface area contributed by atoms with E-state index in [0.29, 0.717) is 11.4 Å². The molecule has 0 aromatic heterocycles. The highest BCUT2D eigenvalue weighted by Gasteiger charge is 2.40. The first kappa shape index (κ1) is 24.5. The van der Waals surface area contributed by atoms with E-state index in [9.17, 15) is 9.90 Å². The minimum absolute atomic E-state index is 0.000354. The van der Waals surface area contributed by atoms with Crippen molar-refractivity contribution in [1.82, 2.24) is 4.90 Å². The van der Waals surface area contributed by atoms with Crippen molar-refractivity contribution >= 4 is 29.1 Å².